The first-order chi connectivity index (χ1) is 13.9. The number of aryl methyl sites for hydroxylation is 1. The fourth-order valence-corrected chi connectivity index (χ4v) is 5.38. The van der Waals surface area contributed by atoms with Crippen LogP contribution in [0.1, 0.15) is 43.5 Å². The van der Waals surface area contributed by atoms with Gasteiger partial charge >= 0.3 is 0 Å². The smallest absolute Gasteiger partial charge is 0.242 e. The number of hydrogen-bond donors (Lipinski definition) is 3. The number of H-pyrrole nitrogens is 1. The van der Waals surface area contributed by atoms with E-state index in [1.54, 1.807) is 11.3 Å². The van der Waals surface area contributed by atoms with Gasteiger partial charge in [0, 0.05) is 22.8 Å². The summed E-state index contributed by atoms with van der Waals surface area (Å²) in [5, 5.41) is 4.15. The fraction of sp³-hybridized carbons (Fsp3) is 0.261. The van der Waals surface area contributed by atoms with Crippen LogP contribution in [0.5, 0.6) is 0 Å². The van der Waals surface area contributed by atoms with E-state index >= 15 is 0 Å². The second kappa shape index (κ2) is 6.34. The number of anilines is 2. The number of carbonyl (C=O) groups is 1. The molecule has 0 saturated heterocycles. The van der Waals surface area contributed by atoms with Crippen molar-refractivity contribution in [3.8, 4) is 0 Å². The highest BCUT2D eigenvalue weighted by atomic mass is 32.1. The van der Waals surface area contributed by atoms with Crippen molar-refractivity contribution in [1.82, 2.24) is 10.4 Å². The van der Waals surface area contributed by atoms with Crippen LogP contribution in [0.3, 0.4) is 0 Å². The van der Waals surface area contributed by atoms with Crippen LogP contribution in [0.15, 0.2) is 48.0 Å². The molecular weight excluding hydrogens is 380 g/mol. The van der Waals surface area contributed by atoms with Gasteiger partial charge in [-0.3, -0.25) is 15.5 Å². The molecule has 1 aromatic carbocycles. The van der Waals surface area contributed by atoms with Crippen LogP contribution in [0.2, 0.25) is 0 Å². The molecule has 0 saturated carbocycles. The molecule has 6 heteroatoms. The minimum Gasteiger partial charge on any atom is -0.354 e. The minimum absolute atomic E-state index is 0.123. The first-order valence-electron chi connectivity index (χ1n) is 9.85. The SMILES string of the molecule is C=C1/C(=C\NN)CCCc2c1[nH]c1cc3c(cc21)N(c1cccs1)C(=O)C3(C)C. The van der Waals surface area contributed by atoms with Gasteiger partial charge in [0.05, 0.1) is 11.1 Å². The number of nitrogens with one attached hydrogen (secondary N) is 2. The van der Waals surface area contributed by atoms with E-state index in [9.17, 15) is 4.79 Å². The number of nitrogens with zero attached hydrogens (tertiary/aromatic N) is 1. The lowest BCUT2D eigenvalue weighted by Gasteiger charge is -2.18. The summed E-state index contributed by atoms with van der Waals surface area (Å²) in [7, 11) is 0. The molecule has 2 aliphatic rings. The number of rotatable bonds is 2. The average Bonchev–Trinajstić information content (AvgIpc) is 3.35. The Labute approximate surface area is 173 Å². The van der Waals surface area contributed by atoms with Crippen LogP contribution >= 0.6 is 11.3 Å². The maximum atomic E-state index is 13.3. The number of benzene rings is 1. The molecule has 1 aliphatic carbocycles. The number of fused-ring (bicyclic) bond motifs is 4. The minimum atomic E-state index is -0.568. The molecule has 1 aliphatic heterocycles. The standard InChI is InChI=1S/C23H24N4OS/c1-13-14(12-25-24)6-4-7-15-16-10-19-17(11-18(16)26-21(13)15)23(2,3)22(28)27(19)20-8-5-9-29-20/h5,8-12,25-26H,1,4,6-7,24H2,2-3H3/b14-12-. The summed E-state index contributed by atoms with van der Waals surface area (Å²) in [4.78, 5) is 18.7. The lowest BCUT2D eigenvalue weighted by atomic mass is 9.85. The molecular formula is C23H24N4OS. The molecule has 0 atom stereocenters. The van der Waals surface area contributed by atoms with E-state index < -0.39 is 5.41 Å². The molecule has 5 nitrogen and oxygen atoms in total. The first-order valence-corrected chi connectivity index (χ1v) is 10.7. The Hall–Kier alpha value is -2.83. The van der Waals surface area contributed by atoms with E-state index in [0.29, 0.717) is 0 Å². The number of hydrazine groups is 1. The third-order valence-corrected chi connectivity index (χ3v) is 7.07. The number of hydrogen-bond acceptors (Lipinski definition) is 4. The third-order valence-electron chi connectivity index (χ3n) is 6.22. The van der Waals surface area contributed by atoms with Gasteiger partial charge in [-0.25, -0.2) is 0 Å². The molecule has 0 radical (unpaired) electrons. The molecule has 0 bridgehead atoms. The van der Waals surface area contributed by atoms with E-state index in [0.717, 1.165) is 57.9 Å². The second-order valence-corrected chi connectivity index (χ2v) is 9.20. The van der Waals surface area contributed by atoms with Gasteiger partial charge in [-0.2, -0.15) is 0 Å². The molecule has 4 N–H and O–H groups in total. The molecule has 148 valence electrons. The average molecular weight is 405 g/mol. The molecule has 3 aromatic rings. The van der Waals surface area contributed by atoms with Crippen molar-refractivity contribution >= 4 is 44.4 Å². The summed E-state index contributed by atoms with van der Waals surface area (Å²) in [5.74, 6) is 5.65. The normalized spacial score (nSPS) is 19.6. The number of aromatic amines is 1. The molecule has 0 unspecified atom stereocenters. The van der Waals surface area contributed by atoms with E-state index in [4.69, 9.17) is 5.84 Å². The van der Waals surface area contributed by atoms with Crippen molar-refractivity contribution in [2.75, 3.05) is 4.90 Å². The highest BCUT2D eigenvalue weighted by Gasteiger charge is 2.45. The van der Waals surface area contributed by atoms with Crippen LogP contribution in [0.25, 0.3) is 16.5 Å². The Morgan fingerprint density at radius 2 is 2.17 bits per heavy atom. The number of aromatic nitrogens is 1. The first kappa shape index (κ1) is 18.2. The lowest BCUT2D eigenvalue weighted by molar-refractivity contribution is -0.121. The van der Waals surface area contributed by atoms with Crippen LogP contribution in [0.4, 0.5) is 10.7 Å². The summed E-state index contributed by atoms with van der Waals surface area (Å²) in [5.41, 5.74) is 9.66. The van der Waals surface area contributed by atoms with Gasteiger partial charge in [0.25, 0.3) is 0 Å². The van der Waals surface area contributed by atoms with Gasteiger partial charge in [-0.15, -0.1) is 11.3 Å². The monoisotopic (exact) mass is 404 g/mol. The van der Waals surface area contributed by atoms with Crippen molar-refractivity contribution in [3.05, 3.63) is 64.8 Å². The second-order valence-electron chi connectivity index (χ2n) is 8.28. The Kier molecular flexibility index (Phi) is 3.98. The van der Waals surface area contributed by atoms with E-state index in [-0.39, 0.29) is 5.91 Å². The van der Waals surface area contributed by atoms with Crippen molar-refractivity contribution in [1.29, 1.82) is 0 Å². The number of thiophene rings is 1. The summed E-state index contributed by atoms with van der Waals surface area (Å²) in [6.45, 7) is 8.34. The lowest BCUT2D eigenvalue weighted by Crippen LogP contribution is -2.32. The quantitative estimate of drug-likeness (QED) is 0.324. The maximum Gasteiger partial charge on any atom is 0.242 e. The summed E-state index contributed by atoms with van der Waals surface area (Å²) >= 11 is 1.59. The Morgan fingerprint density at radius 1 is 1.34 bits per heavy atom. The summed E-state index contributed by atoms with van der Waals surface area (Å²) in [6, 6.07) is 8.34. The zero-order valence-corrected chi connectivity index (χ0v) is 17.5. The van der Waals surface area contributed by atoms with Gasteiger partial charge in [0.2, 0.25) is 5.91 Å². The number of allylic oxidation sites excluding steroid dienone is 2. The highest BCUT2D eigenvalue weighted by molar-refractivity contribution is 7.14. The molecule has 5 rings (SSSR count). The molecule has 0 fully saturated rings. The van der Waals surface area contributed by atoms with Crippen molar-refractivity contribution < 1.29 is 4.79 Å². The van der Waals surface area contributed by atoms with Crippen molar-refractivity contribution in [2.45, 2.75) is 38.5 Å². The Balaban J connectivity index is 1.74. The number of amides is 1. The summed E-state index contributed by atoms with van der Waals surface area (Å²) < 4.78 is 0. The van der Waals surface area contributed by atoms with E-state index in [1.807, 2.05) is 42.5 Å². The predicted molar refractivity (Wildman–Crippen MR) is 120 cm³/mol. The highest BCUT2D eigenvalue weighted by Crippen LogP contribution is 2.49. The van der Waals surface area contributed by atoms with Gasteiger partial charge in [-0.05, 0) is 85.0 Å². The molecule has 1 amide bonds. The zero-order chi connectivity index (χ0) is 20.3. The van der Waals surface area contributed by atoms with Crippen molar-refractivity contribution in [2.24, 2.45) is 5.84 Å². The fourth-order valence-electron chi connectivity index (χ4n) is 4.64. The third kappa shape index (κ3) is 2.52. The Morgan fingerprint density at radius 3 is 2.90 bits per heavy atom. The van der Waals surface area contributed by atoms with Crippen LogP contribution < -0.4 is 16.2 Å². The summed E-state index contributed by atoms with van der Waals surface area (Å²) in [6.07, 6.45) is 4.77. The van der Waals surface area contributed by atoms with Crippen LogP contribution in [-0.4, -0.2) is 10.9 Å². The van der Waals surface area contributed by atoms with Crippen LogP contribution in [-0.2, 0) is 16.6 Å². The van der Waals surface area contributed by atoms with E-state index in [2.05, 4.69) is 29.1 Å². The Bertz CT molecular complexity index is 1180. The molecule has 0 spiro atoms. The topological polar surface area (TPSA) is 74.2 Å². The number of carbonyl (C=O) groups excluding carboxylic acids is 1. The molecule has 2 aromatic heterocycles. The van der Waals surface area contributed by atoms with Gasteiger partial charge in [0.15, 0.2) is 0 Å². The van der Waals surface area contributed by atoms with E-state index in [1.165, 1.54) is 10.9 Å². The van der Waals surface area contributed by atoms with Gasteiger partial charge < -0.3 is 10.4 Å². The van der Waals surface area contributed by atoms with Gasteiger partial charge in [0.1, 0.15) is 5.00 Å². The van der Waals surface area contributed by atoms with Gasteiger partial charge in [-0.1, -0.05) is 6.58 Å². The number of nitrogens with two attached hydrogens (primary N) is 1. The largest absolute Gasteiger partial charge is 0.354 e. The molecule has 29 heavy (non-hydrogen) atoms. The zero-order valence-electron chi connectivity index (χ0n) is 16.6. The van der Waals surface area contributed by atoms with Crippen LogP contribution in [0, 0.1) is 0 Å². The molecule has 3 heterocycles. The van der Waals surface area contributed by atoms with Crippen molar-refractivity contribution in [3.63, 3.8) is 0 Å². The maximum absolute atomic E-state index is 13.3. The predicted octanol–water partition coefficient (Wildman–Crippen LogP) is 4.88.